The maximum Gasteiger partial charge on any atom is 0.178 e. The number of carbonyl (C=O) groups is 1. The van der Waals surface area contributed by atoms with Gasteiger partial charge < -0.3 is 5.73 Å². The van der Waals surface area contributed by atoms with Crippen LogP contribution in [0.4, 0.5) is 14.6 Å². The van der Waals surface area contributed by atoms with E-state index < -0.39 is 11.6 Å². The summed E-state index contributed by atoms with van der Waals surface area (Å²) in [5, 5.41) is 0. The largest absolute Gasteiger partial charge is 0.383 e. The fourth-order valence-electron chi connectivity index (χ4n) is 1.72. The normalized spacial score (nSPS) is 10.3. The van der Waals surface area contributed by atoms with Crippen LogP contribution in [0.5, 0.6) is 0 Å². The van der Waals surface area contributed by atoms with E-state index in [1.807, 2.05) is 0 Å². The van der Waals surface area contributed by atoms with Gasteiger partial charge in [0.05, 0.1) is 0 Å². The van der Waals surface area contributed by atoms with E-state index >= 15 is 0 Å². The van der Waals surface area contributed by atoms with E-state index in [1.165, 1.54) is 19.1 Å². The number of hydrogen-bond acceptors (Lipinski definition) is 4. The summed E-state index contributed by atoms with van der Waals surface area (Å²) in [6.45, 7) is 4.86. The number of benzene rings is 1. The second kappa shape index (κ2) is 5.16. The lowest BCUT2D eigenvalue weighted by Gasteiger charge is -2.08. The minimum absolute atomic E-state index is 0.0530. The molecule has 0 bridgehead atoms. The molecule has 0 radical (unpaired) electrons. The van der Waals surface area contributed by atoms with Gasteiger partial charge in [0.15, 0.2) is 23.2 Å². The highest BCUT2D eigenvalue weighted by atomic mass is 19.2. The number of ketones is 1. The first-order valence-electron chi connectivity index (χ1n) is 5.70. The van der Waals surface area contributed by atoms with Crippen LogP contribution in [0, 0.1) is 11.6 Å². The number of aromatic nitrogens is 2. The van der Waals surface area contributed by atoms with Crippen molar-refractivity contribution in [3.8, 4) is 11.4 Å². The summed E-state index contributed by atoms with van der Waals surface area (Å²) in [7, 11) is 0. The fraction of sp³-hybridized carbons (Fsp3) is 0.0714. The van der Waals surface area contributed by atoms with Gasteiger partial charge in [0.25, 0.3) is 0 Å². The van der Waals surface area contributed by atoms with Crippen molar-refractivity contribution in [1.29, 1.82) is 0 Å². The molecule has 102 valence electrons. The Bertz CT molecular complexity index is 714. The molecule has 0 fully saturated rings. The topological polar surface area (TPSA) is 68.9 Å². The molecule has 0 spiro atoms. The first-order valence-corrected chi connectivity index (χ1v) is 5.70. The Labute approximate surface area is 114 Å². The van der Waals surface area contributed by atoms with Crippen LogP contribution in [-0.4, -0.2) is 15.8 Å². The van der Waals surface area contributed by atoms with Crippen molar-refractivity contribution in [3.63, 3.8) is 0 Å². The minimum Gasteiger partial charge on any atom is -0.383 e. The van der Waals surface area contributed by atoms with E-state index in [1.54, 1.807) is 0 Å². The van der Waals surface area contributed by atoms with Crippen LogP contribution in [0.15, 0.2) is 24.8 Å². The van der Waals surface area contributed by atoms with Crippen molar-refractivity contribution in [2.45, 2.75) is 6.92 Å². The molecule has 0 aliphatic heterocycles. The highest BCUT2D eigenvalue weighted by Gasteiger charge is 2.15. The second-order valence-corrected chi connectivity index (χ2v) is 4.08. The van der Waals surface area contributed by atoms with Crippen LogP contribution in [0.3, 0.4) is 0 Å². The lowest BCUT2D eigenvalue weighted by molar-refractivity contribution is 0.101. The first kappa shape index (κ1) is 13.8. The number of hydrogen-bond donors (Lipinski definition) is 1. The van der Waals surface area contributed by atoms with Gasteiger partial charge in [-0.3, -0.25) is 4.79 Å². The molecule has 4 nitrogen and oxygen atoms in total. The summed E-state index contributed by atoms with van der Waals surface area (Å²) >= 11 is 0. The fourth-order valence-corrected chi connectivity index (χ4v) is 1.72. The third-order valence-corrected chi connectivity index (χ3v) is 2.69. The third kappa shape index (κ3) is 2.40. The van der Waals surface area contributed by atoms with Gasteiger partial charge in [-0.15, -0.1) is 0 Å². The molecule has 0 saturated carbocycles. The predicted molar refractivity (Wildman–Crippen MR) is 71.9 cm³/mol. The lowest BCUT2D eigenvalue weighted by Crippen LogP contribution is -2.08. The molecule has 0 aliphatic carbocycles. The second-order valence-electron chi connectivity index (χ2n) is 4.08. The SMILES string of the molecule is C=Cc1c(N)nc(-c2ccc(F)c(F)c2)nc1C(C)=O. The Balaban J connectivity index is 2.66. The van der Waals surface area contributed by atoms with Crippen molar-refractivity contribution in [2.75, 3.05) is 5.73 Å². The predicted octanol–water partition coefficient (Wildman–Crippen LogP) is 2.85. The molecule has 1 aromatic heterocycles. The molecule has 2 rings (SSSR count). The van der Waals surface area contributed by atoms with Gasteiger partial charge in [0.2, 0.25) is 0 Å². The number of nitrogens with two attached hydrogens (primary N) is 1. The van der Waals surface area contributed by atoms with Crippen LogP contribution in [0.25, 0.3) is 17.5 Å². The van der Waals surface area contributed by atoms with E-state index in [-0.39, 0.29) is 28.7 Å². The summed E-state index contributed by atoms with van der Waals surface area (Å²) in [6.07, 6.45) is 1.38. The maximum atomic E-state index is 13.2. The Kier molecular flexibility index (Phi) is 3.56. The third-order valence-electron chi connectivity index (χ3n) is 2.69. The summed E-state index contributed by atoms with van der Waals surface area (Å²) < 4.78 is 26.1. The Morgan fingerprint density at radius 3 is 2.55 bits per heavy atom. The zero-order chi connectivity index (χ0) is 14.9. The van der Waals surface area contributed by atoms with E-state index in [9.17, 15) is 13.6 Å². The summed E-state index contributed by atoms with van der Waals surface area (Å²) in [4.78, 5) is 19.6. The molecular formula is C14H11F2N3O. The molecular weight excluding hydrogens is 264 g/mol. The smallest absolute Gasteiger partial charge is 0.178 e. The number of nitrogens with zero attached hydrogens (tertiary/aromatic N) is 2. The maximum absolute atomic E-state index is 13.2. The zero-order valence-corrected chi connectivity index (χ0v) is 10.7. The van der Waals surface area contributed by atoms with Crippen LogP contribution >= 0.6 is 0 Å². The standard InChI is InChI=1S/C14H11F2N3O/c1-3-9-12(7(2)20)18-14(19-13(9)17)8-4-5-10(15)11(16)6-8/h3-6H,1H2,2H3,(H2,17,18,19). The van der Waals surface area contributed by atoms with Crippen molar-refractivity contribution in [1.82, 2.24) is 9.97 Å². The van der Waals surface area contributed by atoms with Gasteiger partial charge in [0, 0.05) is 18.1 Å². The molecule has 20 heavy (non-hydrogen) atoms. The van der Waals surface area contributed by atoms with Crippen molar-refractivity contribution in [2.24, 2.45) is 0 Å². The van der Waals surface area contributed by atoms with Crippen molar-refractivity contribution < 1.29 is 13.6 Å². The van der Waals surface area contributed by atoms with Gasteiger partial charge in [0.1, 0.15) is 11.5 Å². The van der Waals surface area contributed by atoms with E-state index in [4.69, 9.17) is 5.73 Å². The van der Waals surface area contributed by atoms with Crippen LogP contribution < -0.4 is 5.73 Å². The van der Waals surface area contributed by atoms with Gasteiger partial charge in [-0.2, -0.15) is 0 Å². The number of nitrogen functional groups attached to an aromatic ring is 1. The zero-order valence-electron chi connectivity index (χ0n) is 10.7. The number of anilines is 1. The van der Waals surface area contributed by atoms with Crippen LogP contribution in [-0.2, 0) is 0 Å². The molecule has 0 amide bonds. The summed E-state index contributed by atoms with van der Waals surface area (Å²) in [6, 6.07) is 3.21. The summed E-state index contributed by atoms with van der Waals surface area (Å²) in [5.41, 5.74) is 6.38. The van der Waals surface area contributed by atoms with Gasteiger partial charge >= 0.3 is 0 Å². The molecule has 2 N–H and O–H groups in total. The lowest BCUT2D eigenvalue weighted by atomic mass is 10.1. The highest BCUT2D eigenvalue weighted by Crippen LogP contribution is 2.23. The average Bonchev–Trinajstić information content (AvgIpc) is 2.40. The number of Topliss-reactive ketones (excluding diaryl/α,β-unsaturated/α-hetero) is 1. The first-order chi connectivity index (χ1) is 9.43. The van der Waals surface area contributed by atoms with Crippen molar-refractivity contribution in [3.05, 3.63) is 47.7 Å². The minimum atomic E-state index is -1.03. The molecule has 1 aromatic carbocycles. The monoisotopic (exact) mass is 275 g/mol. The van der Waals surface area contributed by atoms with Gasteiger partial charge in [-0.1, -0.05) is 12.7 Å². The molecule has 0 atom stereocenters. The van der Waals surface area contributed by atoms with Crippen LogP contribution in [0.2, 0.25) is 0 Å². The molecule has 0 aliphatic rings. The molecule has 6 heteroatoms. The molecule has 0 saturated heterocycles. The van der Waals surface area contributed by atoms with Crippen molar-refractivity contribution >= 4 is 17.7 Å². The highest BCUT2D eigenvalue weighted by molar-refractivity contribution is 5.97. The van der Waals surface area contributed by atoms with E-state index in [0.29, 0.717) is 5.56 Å². The van der Waals surface area contributed by atoms with Gasteiger partial charge in [-0.05, 0) is 18.2 Å². The number of rotatable bonds is 3. The quantitative estimate of drug-likeness (QED) is 0.874. The van der Waals surface area contributed by atoms with Gasteiger partial charge in [-0.25, -0.2) is 18.7 Å². The number of halogens is 2. The van der Waals surface area contributed by atoms with Crippen LogP contribution in [0.1, 0.15) is 23.0 Å². The summed E-state index contributed by atoms with van der Waals surface area (Å²) in [5.74, 6) is -2.21. The average molecular weight is 275 g/mol. The Hall–Kier alpha value is -2.63. The van der Waals surface area contributed by atoms with E-state index in [0.717, 1.165) is 12.1 Å². The number of carbonyl (C=O) groups excluding carboxylic acids is 1. The molecule has 0 unspecified atom stereocenters. The Morgan fingerprint density at radius 2 is 2.00 bits per heavy atom. The molecule has 2 aromatic rings. The Morgan fingerprint density at radius 1 is 1.30 bits per heavy atom. The molecule has 1 heterocycles. The van der Waals surface area contributed by atoms with E-state index in [2.05, 4.69) is 16.5 Å².